The van der Waals surface area contributed by atoms with Crippen molar-refractivity contribution in [2.75, 3.05) is 0 Å². The first kappa shape index (κ1) is 54.1. The van der Waals surface area contributed by atoms with Crippen LogP contribution in [0.5, 0.6) is 0 Å². The summed E-state index contributed by atoms with van der Waals surface area (Å²) in [5.74, 6) is -0.230. The molecule has 396 valence electrons. The van der Waals surface area contributed by atoms with Gasteiger partial charge in [-0.3, -0.25) is 32.3 Å². The average Bonchev–Trinajstić information content (AvgIpc) is 3.32. The Morgan fingerprint density at radius 2 is 0.792 bits per heavy atom. The first-order valence-electron chi connectivity index (χ1n) is 21.2. The fourth-order valence-electron chi connectivity index (χ4n) is 8.37. The Kier molecular flexibility index (Phi) is 13.6. The van der Waals surface area contributed by atoms with Crippen LogP contribution in [0.2, 0.25) is 0 Å². The number of hydrogen-bond acceptors (Lipinski definition) is 19. The molecule has 32 heteroatoms. The van der Waals surface area contributed by atoms with Gasteiger partial charge >= 0.3 is 5.69 Å². The number of hydrogen-bond donors (Lipinski definition) is 7. The Morgan fingerprint density at radius 1 is 0.377 bits per heavy atom. The molecule has 0 aliphatic heterocycles. The minimum atomic E-state index is -5.03. The Bertz CT molecular complexity index is 4600. The number of nitrogens with zero attached hydrogens (tertiary/aromatic N) is 6. The number of azo groups is 2. The Balaban J connectivity index is 1.10. The largest absolute Gasteiger partial charge is 0.348 e. The Morgan fingerprint density at radius 3 is 1.19 bits per heavy atom. The zero-order valence-electron chi connectivity index (χ0n) is 38.1. The van der Waals surface area contributed by atoms with Gasteiger partial charge in [-0.05, 0) is 94.7 Å². The van der Waals surface area contributed by atoms with Crippen LogP contribution < -0.4 is 5.69 Å². The number of fused-ring (bicyclic) bond motifs is 4. The molecule has 0 aliphatic rings. The van der Waals surface area contributed by atoms with E-state index in [9.17, 15) is 82.6 Å². The SMILES string of the molecule is O=c1nc(Cc2ccc(N=Nc3cc(S(=O)(=O)O)c4cccc(S(=O)(=O)O)c4c3)c3ccc(S(=O)(=O)O)cc23)nc(Cc2ccc(N=Nc3cc(S(=O)(=O)O)c4cccc(S(=O)(=O)O)c4c3)c3ccc(S(=O)(=O)O)cc23)[nH]1. The van der Waals surface area contributed by atoms with Crippen molar-refractivity contribution in [3.05, 3.63) is 155 Å². The highest BCUT2D eigenvalue weighted by Crippen LogP contribution is 2.39. The predicted octanol–water partition coefficient (Wildman–Crippen LogP) is 7.27. The van der Waals surface area contributed by atoms with Crippen molar-refractivity contribution in [1.29, 1.82) is 0 Å². The molecule has 26 nitrogen and oxygen atoms in total. The van der Waals surface area contributed by atoms with Crippen LogP contribution in [0.3, 0.4) is 0 Å². The summed E-state index contributed by atoms with van der Waals surface area (Å²) in [6.45, 7) is 0. The second-order valence-corrected chi connectivity index (χ2v) is 25.0. The minimum absolute atomic E-state index is 0.00963. The number of rotatable bonds is 14. The molecule has 9 aromatic rings. The second kappa shape index (κ2) is 19.4. The molecule has 0 radical (unpaired) electrons. The molecule has 0 saturated heterocycles. The first-order chi connectivity index (χ1) is 35.8. The fourth-order valence-corrected chi connectivity index (χ4v) is 12.2. The molecular weight excluding hydrogens is 1130 g/mol. The Hall–Kier alpha value is -7.73. The number of aromatic nitrogens is 3. The molecular formula is C45H31N7O19S6. The van der Waals surface area contributed by atoms with E-state index in [2.05, 4.69) is 35.4 Å². The highest BCUT2D eigenvalue weighted by molar-refractivity contribution is 7.87. The van der Waals surface area contributed by atoms with Gasteiger partial charge in [0.2, 0.25) is 0 Å². The topological polar surface area (TPSA) is 434 Å². The molecule has 0 saturated carbocycles. The van der Waals surface area contributed by atoms with Gasteiger partial charge < -0.3 is 0 Å². The van der Waals surface area contributed by atoms with Gasteiger partial charge in [-0.1, -0.05) is 48.5 Å². The Labute approximate surface area is 434 Å². The van der Waals surface area contributed by atoms with Crippen LogP contribution in [-0.2, 0) is 73.6 Å². The molecule has 0 fully saturated rings. The van der Waals surface area contributed by atoms with Gasteiger partial charge in [-0.15, -0.1) is 10.2 Å². The van der Waals surface area contributed by atoms with Crippen molar-refractivity contribution >= 4 is 127 Å². The standard InChI is InChI=1S/C45H31N7O19S6/c53-45-47-43(15-23-7-13-37(29-11-9-27(21-33(23)29)72(54,55)56)51-49-25-17-35-31(41(19-25)76(66,67)68)3-1-5-39(35)74(60,61)62)46-44(48-45)16-24-8-14-38(30-12-10-28(22-34(24)30)73(57,58)59)52-50-26-18-36-32(42(20-26)77(69,70)71)4-2-6-40(36)75(63,64)65/h1-14,17-22H,15-16H2,(H,54,55,56)(H,57,58,59)(H,60,61,62)(H,63,64,65)(H,66,67,68)(H,69,70,71)(H,46,47,48,53). The average molecular weight is 1170 g/mol. The molecule has 0 atom stereocenters. The molecule has 77 heavy (non-hydrogen) atoms. The quantitative estimate of drug-likeness (QED) is 0.0415. The predicted molar refractivity (Wildman–Crippen MR) is 271 cm³/mol. The van der Waals surface area contributed by atoms with Crippen molar-refractivity contribution in [3.63, 3.8) is 0 Å². The first-order valence-corrected chi connectivity index (χ1v) is 29.9. The highest BCUT2D eigenvalue weighted by Gasteiger charge is 2.24. The van der Waals surface area contributed by atoms with Crippen LogP contribution in [0, 0.1) is 0 Å². The zero-order chi connectivity index (χ0) is 55.8. The summed E-state index contributed by atoms with van der Waals surface area (Å²) >= 11 is 0. The van der Waals surface area contributed by atoms with Crippen LogP contribution in [0.4, 0.5) is 22.7 Å². The molecule has 0 bridgehead atoms. The second-order valence-electron chi connectivity index (χ2n) is 16.6. The van der Waals surface area contributed by atoms with E-state index in [1.165, 1.54) is 48.5 Å². The third-order valence-electron chi connectivity index (χ3n) is 11.6. The summed E-state index contributed by atoms with van der Waals surface area (Å²) in [5, 5.41) is 15.7. The maximum absolute atomic E-state index is 13.1. The van der Waals surface area contributed by atoms with E-state index in [0.717, 1.165) is 72.8 Å². The molecule has 8 aromatic carbocycles. The lowest BCUT2D eigenvalue weighted by Gasteiger charge is -2.12. The van der Waals surface area contributed by atoms with Crippen molar-refractivity contribution in [2.45, 2.75) is 42.2 Å². The monoisotopic (exact) mass is 1160 g/mol. The lowest BCUT2D eigenvalue weighted by Crippen LogP contribution is -2.19. The van der Waals surface area contributed by atoms with Crippen molar-refractivity contribution in [3.8, 4) is 0 Å². The fraction of sp³-hybridized carbons (Fsp3) is 0.0444. The van der Waals surface area contributed by atoms with E-state index in [1.807, 2.05) is 0 Å². The smallest absolute Gasteiger partial charge is 0.294 e. The lowest BCUT2D eigenvalue weighted by molar-refractivity contribution is 0.481. The zero-order valence-corrected chi connectivity index (χ0v) is 43.0. The number of benzene rings is 8. The normalized spacial score (nSPS) is 13.2. The molecule has 0 amide bonds. The van der Waals surface area contributed by atoms with Crippen molar-refractivity contribution in [2.24, 2.45) is 20.5 Å². The maximum Gasteiger partial charge on any atom is 0.348 e. The van der Waals surface area contributed by atoms with E-state index in [4.69, 9.17) is 0 Å². The van der Waals surface area contributed by atoms with Crippen LogP contribution in [0.15, 0.2) is 176 Å². The summed E-state index contributed by atoms with van der Waals surface area (Å²) in [6, 6.07) is 22.8. The summed E-state index contributed by atoms with van der Waals surface area (Å²) in [5.41, 5.74) is -1.11. The van der Waals surface area contributed by atoms with E-state index < -0.39 is 95.8 Å². The third kappa shape index (κ3) is 11.4. The summed E-state index contributed by atoms with van der Waals surface area (Å²) < 4.78 is 207. The van der Waals surface area contributed by atoms with Gasteiger partial charge in [0, 0.05) is 45.2 Å². The number of H-pyrrole nitrogens is 1. The number of nitrogens with one attached hydrogen (secondary N) is 1. The van der Waals surface area contributed by atoms with Crippen molar-refractivity contribution in [1.82, 2.24) is 15.0 Å². The number of aromatic amines is 1. The molecule has 0 spiro atoms. The molecule has 7 N–H and O–H groups in total. The summed E-state index contributed by atoms with van der Waals surface area (Å²) in [4.78, 5) is 19.9. The van der Waals surface area contributed by atoms with Gasteiger partial charge in [0.1, 0.15) is 31.2 Å². The van der Waals surface area contributed by atoms with Crippen LogP contribution >= 0.6 is 0 Å². The highest BCUT2D eigenvalue weighted by atomic mass is 32.2. The molecule has 0 aliphatic carbocycles. The van der Waals surface area contributed by atoms with Crippen molar-refractivity contribution < 1.29 is 77.8 Å². The summed E-state index contributed by atoms with van der Waals surface area (Å²) in [6.07, 6.45) is -0.589. The van der Waals surface area contributed by atoms with Gasteiger partial charge in [0.15, 0.2) is 0 Å². The van der Waals surface area contributed by atoms with Gasteiger partial charge in [0.05, 0.1) is 32.5 Å². The van der Waals surface area contributed by atoms with E-state index in [1.54, 1.807) is 0 Å². The molecule has 9 rings (SSSR count). The van der Waals surface area contributed by atoms with Crippen LogP contribution in [0.25, 0.3) is 43.1 Å². The van der Waals surface area contributed by atoms with E-state index in [-0.39, 0.29) is 101 Å². The van der Waals surface area contributed by atoms with Crippen LogP contribution in [0.1, 0.15) is 22.8 Å². The van der Waals surface area contributed by atoms with E-state index in [0.29, 0.717) is 0 Å². The third-order valence-corrected chi connectivity index (χ3v) is 16.9. The summed E-state index contributed by atoms with van der Waals surface area (Å²) in [7, 11) is -29.6. The lowest BCUT2D eigenvalue weighted by atomic mass is 10.00. The molecule has 1 aromatic heterocycles. The van der Waals surface area contributed by atoms with Crippen LogP contribution in [-0.4, -0.2) is 92.8 Å². The molecule has 0 unspecified atom stereocenters. The molecule has 1 heterocycles. The van der Waals surface area contributed by atoms with Gasteiger partial charge in [0.25, 0.3) is 60.7 Å². The van der Waals surface area contributed by atoms with E-state index >= 15 is 0 Å². The van der Waals surface area contributed by atoms with Gasteiger partial charge in [-0.25, -0.2) is 9.78 Å². The maximum atomic E-state index is 13.1. The van der Waals surface area contributed by atoms with Gasteiger partial charge in [-0.2, -0.15) is 65.7 Å². The minimum Gasteiger partial charge on any atom is -0.294 e.